The quantitative estimate of drug-likeness (QED) is 0.852. The fourth-order valence-electron chi connectivity index (χ4n) is 1.69. The van der Waals surface area contributed by atoms with Crippen molar-refractivity contribution in [3.63, 3.8) is 0 Å². The molecule has 0 spiro atoms. The molecular weight excluding hydrogens is 302 g/mol. The Kier molecular flexibility index (Phi) is 5.09. The van der Waals surface area contributed by atoms with Gasteiger partial charge in [0.05, 0.1) is 4.90 Å². The molecule has 21 heavy (non-hydrogen) atoms. The largest absolute Gasteiger partial charge is 0.288 e. The highest BCUT2D eigenvalue weighted by Gasteiger charge is 2.13. The van der Waals surface area contributed by atoms with E-state index in [0.29, 0.717) is 0 Å². The summed E-state index contributed by atoms with van der Waals surface area (Å²) in [5.41, 5.74) is 1.02. The standard InChI is InChI=1S/C16H17NO2S2/c1-3-13-20(15-7-5-4-6-8-15)17-21(18,19)16-11-9-14(2)10-12-16/h3-13H,1-2H3/b13-3+. The Morgan fingerprint density at radius 3 is 2.19 bits per heavy atom. The van der Waals surface area contributed by atoms with Crippen LogP contribution in [0.25, 0.3) is 0 Å². The average molecular weight is 319 g/mol. The van der Waals surface area contributed by atoms with E-state index in [1.54, 1.807) is 29.7 Å². The Morgan fingerprint density at radius 1 is 1.00 bits per heavy atom. The smallest absolute Gasteiger partial charge is 0.199 e. The molecule has 0 fully saturated rings. The summed E-state index contributed by atoms with van der Waals surface area (Å²) in [5.74, 6) is 0. The van der Waals surface area contributed by atoms with Crippen molar-refractivity contribution >= 4 is 20.7 Å². The molecule has 0 bridgehead atoms. The minimum Gasteiger partial charge on any atom is -0.199 e. The topological polar surface area (TPSA) is 46.5 Å². The lowest BCUT2D eigenvalue weighted by molar-refractivity contribution is 0.598. The van der Waals surface area contributed by atoms with Gasteiger partial charge in [0.15, 0.2) is 0 Å². The maximum atomic E-state index is 12.4. The summed E-state index contributed by atoms with van der Waals surface area (Å²) >= 11 is 0. The minimum atomic E-state index is -3.66. The number of hydrogen-bond acceptors (Lipinski definition) is 2. The Hall–Kier alpha value is -1.72. The summed E-state index contributed by atoms with van der Waals surface area (Å²) in [6.45, 7) is 3.78. The molecule has 0 saturated heterocycles. The summed E-state index contributed by atoms with van der Waals surface area (Å²) in [4.78, 5) is 1.11. The first kappa shape index (κ1) is 15.7. The lowest BCUT2D eigenvalue weighted by atomic mass is 10.2. The van der Waals surface area contributed by atoms with Crippen molar-refractivity contribution in [3.8, 4) is 0 Å². The van der Waals surface area contributed by atoms with Crippen molar-refractivity contribution in [1.82, 2.24) is 0 Å². The third-order valence-corrected chi connectivity index (χ3v) is 6.33. The van der Waals surface area contributed by atoms with Gasteiger partial charge in [-0.15, -0.1) is 3.77 Å². The molecule has 0 amide bonds. The van der Waals surface area contributed by atoms with Crippen molar-refractivity contribution in [2.24, 2.45) is 3.77 Å². The Labute approximate surface area is 128 Å². The van der Waals surface area contributed by atoms with Crippen molar-refractivity contribution in [2.45, 2.75) is 23.6 Å². The van der Waals surface area contributed by atoms with E-state index in [2.05, 4.69) is 3.77 Å². The third-order valence-electron chi connectivity index (χ3n) is 2.75. The molecule has 0 N–H and O–H groups in total. The summed E-state index contributed by atoms with van der Waals surface area (Å²) in [5, 5.41) is 1.81. The van der Waals surface area contributed by atoms with Gasteiger partial charge in [0.1, 0.15) is 0 Å². The van der Waals surface area contributed by atoms with Crippen LogP contribution in [0.15, 0.2) is 79.6 Å². The predicted octanol–water partition coefficient (Wildman–Crippen LogP) is 4.08. The van der Waals surface area contributed by atoms with E-state index in [1.165, 1.54) is 0 Å². The second-order valence-electron chi connectivity index (χ2n) is 4.46. The number of allylic oxidation sites excluding steroid dienone is 1. The molecule has 3 nitrogen and oxygen atoms in total. The van der Waals surface area contributed by atoms with Gasteiger partial charge in [0.25, 0.3) is 10.0 Å². The average Bonchev–Trinajstić information content (AvgIpc) is 2.48. The third kappa shape index (κ3) is 4.12. The number of nitrogens with zero attached hydrogens (tertiary/aromatic N) is 1. The lowest BCUT2D eigenvalue weighted by Crippen LogP contribution is -1.99. The molecule has 2 aromatic rings. The second kappa shape index (κ2) is 6.83. The van der Waals surface area contributed by atoms with Crippen LogP contribution in [0.1, 0.15) is 12.5 Å². The molecular formula is C16H17NO2S2. The second-order valence-corrected chi connectivity index (χ2v) is 7.85. The van der Waals surface area contributed by atoms with Crippen LogP contribution in [0.5, 0.6) is 0 Å². The summed E-state index contributed by atoms with van der Waals surface area (Å²) in [6.07, 6.45) is 1.82. The Bertz CT molecular complexity index is 762. The zero-order chi connectivity index (χ0) is 15.3. The van der Waals surface area contributed by atoms with Gasteiger partial charge in [0, 0.05) is 4.90 Å². The number of benzene rings is 2. The molecule has 2 rings (SSSR count). The van der Waals surface area contributed by atoms with Gasteiger partial charge in [-0.1, -0.05) is 42.0 Å². The molecule has 1 unspecified atom stereocenters. The van der Waals surface area contributed by atoms with E-state index < -0.39 is 20.7 Å². The molecule has 2 aromatic carbocycles. The molecule has 0 heterocycles. The van der Waals surface area contributed by atoms with E-state index in [1.807, 2.05) is 50.3 Å². The van der Waals surface area contributed by atoms with Crippen LogP contribution in [0.4, 0.5) is 0 Å². The zero-order valence-corrected chi connectivity index (χ0v) is 13.6. The molecule has 0 aliphatic rings. The van der Waals surface area contributed by atoms with Gasteiger partial charge < -0.3 is 0 Å². The van der Waals surface area contributed by atoms with Gasteiger partial charge in [-0.3, -0.25) is 0 Å². The minimum absolute atomic E-state index is 0.228. The molecule has 0 aliphatic carbocycles. The molecule has 0 aromatic heterocycles. The number of sulfonamides is 1. The lowest BCUT2D eigenvalue weighted by Gasteiger charge is -2.05. The van der Waals surface area contributed by atoms with Crippen molar-refractivity contribution in [3.05, 3.63) is 71.6 Å². The van der Waals surface area contributed by atoms with E-state index in [4.69, 9.17) is 0 Å². The Balaban J connectivity index is 2.49. The fourth-order valence-corrected chi connectivity index (χ4v) is 4.76. The zero-order valence-electron chi connectivity index (χ0n) is 11.9. The highest BCUT2D eigenvalue weighted by Crippen LogP contribution is 2.18. The van der Waals surface area contributed by atoms with E-state index in [9.17, 15) is 8.42 Å². The number of hydrogen-bond donors (Lipinski definition) is 0. The SMILES string of the molecule is C/C=C/S(=N\S(=O)(=O)c1ccc(C)cc1)c1ccccc1. The first-order valence-corrected chi connectivity index (χ1v) is 9.17. The van der Waals surface area contributed by atoms with Crippen molar-refractivity contribution in [2.75, 3.05) is 0 Å². The molecule has 0 radical (unpaired) electrons. The predicted molar refractivity (Wildman–Crippen MR) is 87.7 cm³/mol. The van der Waals surface area contributed by atoms with Crippen LogP contribution >= 0.6 is 0 Å². The van der Waals surface area contributed by atoms with Crippen LogP contribution in [-0.2, 0) is 20.7 Å². The van der Waals surface area contributed by atoms with Crippen LogP contribution < -0.4 is 0 Å². The van der Waals surface area contributed by atoms with E-state index >= 15 is 0 Å². The van der Waals surface area contributed by atoms with Crippen LogP contribution in [0.3, 0.4) is 0 Å². The summed E-state index contributed by atoms with van der Waals surface area (Å²) in [6, 6.07) is 16.2. The monoisotopic (exact) mass is 319 g/mol. The summed E-state index contributed by atoms with van der Waals surface area (Å²) in [7, 11) is -4.47. The highest BCUT2D eigenvalue weighted by atomic mass is 32.3. The fraction of sp³-hybridized carbons (Fsp3) is 0.125. The molecule has 0 saturated carbocycles. The van der Waals surface area contributed by atoms with E-state index in [-0.39, 0.29) is 4.90 Å². The first-order valence-electron chi connectivity index (χ1n) is 6.49. The highest BCUT2D eigenvalue weighted by molar-refractivity contribution is 8.01. The van der Waals surface area contributed by atoms with Crippen molar-refractivity contribution < 1.29 is 8.42 Å². The van der Waals surface area contributed by atoms with Gasteiger partial charge >= 0.3 is 0 Å². The maximum Gasteiger partial charge on any atom is 0.288 e. The molecule has 0 aliphatic heterocycles. The normalized spacial score (nSPS) is 13.6. The van der Waals surface area contributed by atoms with Gasteiger partial charge in [0.2, 0.25) is 0 Å². The van der Waals surface area contributed by atoms with Crippen LogP contribution in [-0.4, -0.2) is 8.42 Å². The first-order chi connectivity index (χ1) is 10.0. The number of aryl methyl sites for hydroxylation is 1. The Morgan fingerprint density at radius 2 is 1.62 bits per heavy atom. The van der Waals surface area contributed by atoms with Crippen molar-refractivity contribution in [1.29, 1.82) is 0 Å². The molecule has 1 atom stereocenters. The van der Waals surface area contributed by atoms with Crippen LogP contribution in [0, 0.1) is 6.92 Å². The number of rotatable bonds is 4. The molecule has 110 valence electrons. The van der Waals surface area contributed by atoms with Gasteiger partial charge in [-0.2, -0.15) is 8.42 Å². The van der Waals surface area contributed by atoms with Crippen LogP contribution in [0.2, 0.25) is 0 Å². The van der Waals surface area contributed by atoms with Gasteiger partial charge in [-0.25, -0.2) is 0 Å². The van der Waals surface area contributed by atoms with Gasteiger partial charge in [-0.05, 0) is 54.2 Å². The maximum absolute atomic E-state index is 12.4. The van der Waals surface area contributed by atoms with E-state index in [0.717, 1.165) is 10.5 Å². The summed E-state index contributed by atoms with van der Waals surface area (Å²) < 4.78 is 28.9. The molecule has 5 heteroatoms.